The molecule has 0 spiro atoms. The molecule has 1 unspecified atom stereocenters. The molecule has 1 rings (SSSR count). The van der Waals surface area contributed by atoms with Gasteiger partial charge in [0.2, 0.25) is 5.91 Å². The normalized spacial score (nSPS) is 19.3. The standard InChI is InChI=1S/C14H21NO4/c1-2-11(16)4-3-7-15-14(19)9-10-5-6-12(17)13(18)8-10/h10H,2-9H2,1H3,(H,15,19). The van der Waals surface area contributed by atoms with Crippen LogP contribution < -0.4 is 5.32 Å². The number of hydrogen-bond acceptors (Lipinski definition) is 4. The first-order valence-corrected chi connectivity index (χ1v) is 6.87. The van der Waals surface area contributed by atoms with Crippen LogP contribution in [0.25, 0.3) is 0 Å². The van der Waals surface area contributed by atoms with Crippen molar-refractivity contribution in [3.63, 3.8) is 0 Å². The van der Waals surface area contributed by atoms with Gasteiger partial charge in [0, 0.05) is 38.6 Å². The van der Waals surface area contributed by atoms with Crippen LogP contribution in [0.15, 0.2) is 0 Å². The molecule has 0 aromatic heterocycles. The molecular formula is C14H21NO4. The van der Waals surface area contributed by atoms with E-state index in [4.69, 9.17) is 0 Å². The molecule has 19 heavy (non-hydrogen) atoms. The van der Waals surface area contributed by atoms with Crippen LogP contribution in [0, 0.1) is 5.92 Å². The van der Waals surface area contributed by atoms with Gasteiger partial charge in [0.15, 0.2) is 11.6 Å². The van der Waals surface area contributed by atoms with E-state index in [0.717, 1.165) is 0 Å². The molecule has 0 saturated heterocycles. The van der Waals surface area contributed by atoms with E-state index in [1.54, 1.807) is 0 Å². The van der Waals surface area contributed by atoms with E-state index in [2.05, 4.69) is 5.32 Å². The molecule has 1 aliphatic carbocycles. The second kappa shape index (κ2) is 7.81. The molecule has 0 bridgehead atoms. The fourth-order valence-corrected chi connectivity index (χ4v) is 2.15. The van der Waals surface area contributed by atoms with Crippen LogP contribution in [-0.4, -0.2) is 29.8 Å². The summed E-state index contributed by atoms with van der Waals surface area (Å²) in [5, 5.41) is 2.75. The number of carbonyl (C=O) groups excluding carboxylic acids is 4. The predicted octanol–water partition coefficient (Wildman–Crippen LogP) is 1.19. The summed E-state index contributed by atoms with van der Waals surface area (Å²) in [5.41, 5.74) is 0. The Balaban J connectivity index is 2.16. The molecular weight excluding hydrogens is 246 g/mol. The Morgan fingerprint density at radius 3 is 2.63 bits per heavy atom. The second-order valence-corrected chi connectivity index (χ2v) is 5.01. The van der Waals surface area contributed by atoms with Crippen LogP contribution in [0.1, 0.15) is 51.9 Å². The lowest BCUT2D eigenvalue weighted by molar-refractivity contribution is -0.139. The highest BCUT2D eigenvalue weighted by Crippen LogP contribution is 2.22. The molecule has 5 nitrogen and oxygen atoms in total. The Bertz CT molecular complexity index is 376. The highest BCUT2D eigenvalue weighted by molar-refractivity contribution is 6.37. The van der Waals surface area contributed by atoms with E-state index in [-0.39, 0.29) is 42.0 Å². The summed E-state index contributed by atoms with van der Waals surface area (Å²) in [5.74, 6) is -0.573. The smallest absolute Gasteiger partial charge is 0.220 e. The van der Waals surface area contributed by atoms with Gasteiger partial charge in [-0.05, 0) is 18.8 Å². The topological polar surface area (TPSA) is 80.3 Å². The summed E-state index contributed by atoms with van der Waals surface area (Å²) in [6.07, 6.45) is 3.05. The van der Waals surface area contributed by atoms with Crippen molar-refractivity contribution in [3.05, 3.63) is 0 Å². The highest BCUT2D eigenvalue weighted by atomic mass is 16.2. The average molecular weight is 267 g/mol. The number of Topliss-reactive ketones (excluding diaryl/α,β-unsaturated/α-hetero) is 3. The van der Waals surface area contributed by atoms with Gasteiger partial charge in [-0.3, -0.25) is 19.2 Å². The van der Waals surface area contributed by atoms with Gasteiger partial charge >= 0.3 is 0 Å². The molecule has 1 fully saturated rings. The lowest BCUT2D eigenvalue weighted by atomic mass is 9.85. The molecule has 1 N–H and O–H groups in total. The van der Waals surface area contributed by atoms with Crippen molar-refractivity contribution < 1.29 is 19.2 Å². The minimum atomic E-state index is -0.349. The summed E-state index contributed by atoms with van der Waals surface area (Å²) in [6.45, 7) is 2.31. The first-order valence-electron chi connectivity index (χ1n) is 6.87. The van der Waals surface area contributed by atoms with Crippen molar-refractivity contribution >= 4 is 23.3 Å². The van der Waals surface area contributed by atoms with Crippen molar-refractivity contribution in [2.45, 2.75) is 51.9 Å². The van der Waals surface area contributed by atoms with Crippen LogP contribution in [0.2, 0.25) is 0 Å². The minimum Gasteiger partial charge on any atom is -0.356 e. The summed E-state index contributed by atoms with van der Waals surface area (Å²) >= 11 is 0. The summed E-state index contributed by atoms with van der Waals surface area (Å²) < 4.78 is 0. The fraction of sp³-hybridized carbons (Fsp3) is 0.714. The van der Waals surface area contributed by atoms with E-state index in [1.807, 2.05) is 6.92 Å². The number of carbonyl (C=O) groups is 4. The van der Waals surface area contributed by atoms with E-state index < -0.39 is 0 Å². The lowest BCUT2D eigenvalue weighted by Crippen LogP contribution is -2.31. The molecule has 106 valence electrons. The maximum Gasteiger partial charge on any atom is 0.220 e. The van der Waals surface area contributed by atoms with Gasteiger partial charge in [0.1, 0.15) is 5.78 Å². The van der Waals surface area contributed by atoms with Crippen LogP contribution in [0.3, 0.4) is 0 Å². The number of hydrogen-bond donors (Lipinski definition) is 1. The Hall–Kier alpha value is -1.52. The third-order valence-corrected chi connectivity index (χ3v) is 3.39. The first kappa shape index (κ1) is 15.5. The largest absolute Gasteiger partial charge is 0.356 e. The van der Waals surface area contributed by atoms with E-state index in [9.17, 15) is 19.2 Å². The fourth-order valence-electron chi connectivity index (χ4n) is 2.15. The average Bonchev–Trinajstić information content (AvgIpc) is 2.38. The van der Waals surface area contributed by atoms with Crippen LogP contribution >= 0.6 is 0 Å². The molecule has 1 saturated carbocycles. The van der Waals surface area contributed by atoms with E-state index in [1.165, 1.54) is 0 Å². The number of ketones is 3. The molecule has 1 atom stereocenters. The van der Waals surface area contributed by atoms with Crippen molar-refractivity contribution in [1.29, 1.82) is 0 Å². The zero-order valence-corrected chi connectivity index (χ0v) is 11.4. The van der Waals surface area contributed by atoms with Crippen LogP contribution in [0.4, 0.5) is 0 Å². The maximum absolute atomic E-state index is 11.6. The number of amides is 1. The van der Waals surface area contributed by atoms with Crippen LogP contribution in [-0.2, 0) is 19.2 Å². The van der Waals surface area contributed by atoms with E-state index in [0.29, 0.717) is 38.6 Å². The van der Waals surface area contributed by atoms with Gasteiger partial charge in [-0.15, -0.1) is 0 Å². The molecule has 5 heteroatoms. The van der Waals surface area contributed by atoms with Crippen LogP contribution in [0.5, 0.6) is 0 Å². The minimum absolute atomic E-state index is 0.0116. The first-order chi connectivity index (χ1) is 9.02. The van der Waals surface area contributed by atoms with Gasteiger partial charge in [0.05, 0.1) is 0 Å². The van der Waals surface area contributed by atoms with E-state index >= 15 is 0 Å². The zero-order valence-electron chi connectivity index (χ0n) is 11.4. The van der Waals surface area contributed by atoms with Crippen molar-refractivity contribution in [2.75, 3.05) is 6.54 Å². The van der Waals surface area contributed by atoms with Crippen molar-refractivity contribution in [3.8, 4) is 0 Å². The lowest BCUT2D eigenvalue weighted by Gasteiger charge is -2.19. The highest BCUT2D eigenvalue weighted by Gasteiger charge is 2.27. The van der Waals surface area contributed by atoms with Gasteiger partial charge in [-0.2, -0.15) is 0 Å². The molecule has 1 amide bonds. The summed E-state index contributed by atoms with van der Waals surface area (Å²) in [4.78, 5) is 45.0. The Morgan fingerprint density at radius 2 is 2.00 bits per heavy atom. The number of nitrogens with one attached hydrogen (secondary N) is 1. The summed E-state index contributed by atoms with van der Waals surface area (Å²) in [7, 11) is 0. The monoisotopic (exact) mass is 267 g/mol. The second-order valence-electron chi connectivity index (χ2n) is 5.01. The molecule has 0 aromatic rings. The van der Waals surface area contributed by atoms with Crippen molar-refractivity contribution in [1.82, 2.24) is 5.32 Å². The maximum atomic E-state index is 11.6. The van der Waals surface area contributed by atoms with Crippen molar-refractivity contribution in [2.24, 2.45) is 5.92 Å². The predicted molar refractivity (Wildman–Crippen MR) is 69.5 cm³/mol. The Labute approximate surface area is 113 Å². The van der Waals surface area contributed by atoms with Gasteiger partial charge in [-0.25, -0.2) is 0 Å². The Kier molecular flexibility index (Phi) is 6.39. The van der Waals surface area contributed by atoms with Gasteiger partial charge < -0.3 is 5.32 Å². The van der Waals surface area contributed by atoms with Gasteiger partial charge in [0.25, 0.3) is 0 Å². The molecule has 0 radical (unpaired) electrons. The third-order valence-electron chi connectivity index (χ3n) is 3.39. The third kappa shape index (κ3) is 5.77. The van der Waals surface area contributed by atoms with Gasteiger partial charge in [-0.1, -0.05) is 6.92 Å². The molecule has 0 aliphatic heterocycles. The SMILES string of the molecule is CCC(=O)CCCNC(=O)CC1CCC(=O)C(=O)C1. The molecule has 0 heterocycles. The molecule has 0 aromatic carbocycles. The number of rotatable bonds is 7. The quantitative estimate of drug-likeness (QED) is 0.555. The molecule has 1 aliphatic rings. The zero-order chi connectivity index (χ0) is 14.3. The summed E-state index contributed by atoms with van der Waals surface area (Å²) in [6, 6.07) is 0. The Morgan fingerprint density at radius 1 is 1.26 bits per heavy atom.